The van der Waals surface area contributed by atoms with Crippen molar-refractivity contribution < 1.29 is 28.9 Å². The predicted octanol–water partition coefficient (Wildman–Crippen LogP) is 5.00. The van der Waals surface area contributed by atoms with Crippen molar-refractivity contribution in [3.05, 3.63) is 111 Å². The largest absolute Gasteiger partial charge is 0.495 e. The molecule has 4 heterocycles. The summed E-state index contributed by atoms with van der Waals surface area (Å²) >= 11 is 0. The highest BCUT2D eigenvalue weighted by molar-refractivity contribution is 5.99. The van der Waals surface area contributed by atoms with Gasteiger partial charge in [-0.25, -0.2) is 4.79 Å². The molecule has 3 fully saturated rings. The van der Waals surface area contributed by atoms with E-state index in [0.717, 1.165) is 40.8 Å². The van der Waals surface area contributed by atoms with Crippen LogP contribution in [0.25, 0.3) is 10.9 Å². The molecule has 2 unspecified atom stereocenters. The Kier molecular flexibility index (Phi) is 13.0. The Labute approximate surface area is 311 Å². The number of aromatic amines is 1. The second kappa shape index (κ2) is 18.0. The minimum Gasteiger partial charge on any atom is -0.495 e. The predicted molar refractivity (Wildman–Crippen MR) is 204 cm³/mol. The summed E-state index contributed by atoms with van der Waals surface area (Å²) in [6, 6.07) is 21.5. The fourth-order valence-electron chi connectivity index (χ4n) is 7.81. The maximum absolute atomic E-state index is 13.3. The first kappa shape index (κ1) is 38.2. The first-order chi connectivity index (χ1) is 25.8. The quantitative estimate of drug-likeness (QED) is 0.104. The summed E-state index contributed by atoms with van der Waals surface area (Å²) in [6.07, 6.45) is 6.50. The Bertz CT molecular complexity index is 1900. The number of nitrogens with one attached hydrogen (secondary N) is 3. The number of esters is 1. The normalized spacial score (nSPS) is 20.6. The van der Waals surface area contributed by atoms with E-state index in [1.165, 1.54) is 59.2 Å². The number of methoxy groups -OCH3 is 2. The van der Waals surface area contributed by atoms with Crippen LogP contribution in [0, 0.1) is 5.92 Å². The minimum atomic E-state index is -1.21. The number of aliphatic hydroxyl groups excluding tert-OH is 1. The van der Waals surface area contributed by atoms with Crippen molar-refractivity contribution in [2.24, 2.45) is 5.92 Å². The van der Waals surface area contributed by atoms with Crippen molar-refractivity contribution in [2.45, 2.75) is 63.2 Å². The van der Waals surface area contributed by atoms with Crippen LogP contribution in [0.4, 0.5) is 0 Å². The average Bonchev–Trinajstić information content (AvgIpc) is 3.58. The summed E-state index contributed by atoms with van der Waals surface area (Å²) in [7, 11) is 2.88. The van der Waals surface area contributed by atoms with Gasteiger partial charge < -0.3 is 39.8 Å². The number of hydrogen-bond donors (Lipinski definition) is 4. The van der Waals surface area contributed by atoms with Gasteiger partial charge in [-0.2, -0.15) is 0 Å². The molecular weight excluding hydrogens is 672 g/mol. The Morgan fingerprint density at radius 1 is 0.981 bits per heavy atom. The number of aryl methyl sites for hydroxylation is 1. The lowest BCUT2D eigenvalue weighted by Crippen LogP contribution is -2.51. The lowest BCUT2D eigenvalue weighted by atomic mass is 9.89. The lowest BCUT2D eigenvalue weighted by molar-refractivity contribution is -0.148. The van der Waals surface area contributed by atoms with Crippen LogP contribution in [0.15, 0.2) is 77.6 Å². The first-order valence-electron chi connectivity index (χ1n) is 18.8. The standard InChI is InChI=1S/C35H39N3O7.C7H13N/c1-43-30-14-12-26(27-13-15-31(40)37-32(27)30)29(39)21-36-18-5-6-19-45-22-23-8-7-10-25(20-23)33(41)38-35(34(42)44-2)17-16-24-9-3-4-11-28(24)35;1-4-8-5-2-7(1)3-6-8/h3-4,7-15,20,29,36,39H,5-6,16-19,21-22H2,1-2H3,(H,37,40)(H,38,41);7H,1-6H2. The number of piperidine rings is 3. The molecule has 1 aliphatic carbocycles. The van der Waals surface area contributed by atoms with E-state index in [2.05, 4.69) is 20.5 Å². The van der Waals surface area contributed by atoms with E-state index in [0.29, 0.717) is 61.5 Å². The number of aliphatic hydroxyl groups is 1. The topological polar surface area (TPSA) is 142 Å². The Morgan fingerprint density at radius 2 is 1.77 bits per heavy atom. The molecule has 282 valence electrons. The number of carbonyl (C=O) groups is 2. The van der Waals surface area contributed by atoms with E-state index in [-0.39, 0.29) is 11.5 Å². The molecule has 2 bridgehead atoms. The van der Waals surface area contributed by atoms with Gasteiger partial charge in [0, 0.05) is 30.2 Å². The van der Waals surface area contributed by atoms with Crippen LogP contribution in [0.5, 0.6) is 5.75 Å². The second-order valence-electron chi connectivity index (χ2n) is 14.2. The molecule has 11 heteroatoms. The van der Waals surface area contributed by atoms with Gasteiger partial charge in [0.25, 0.3) is 5.91 Å². The van der Waals surface area contributed by atoms with Crippen molar-refractivity contribution in [3.8, 4) is 5.75 Å². The lowest BCUT2D eigenvalue weighted by Gasteiger charge is -2.38. The van der Waals surface area contributed by atoms with E-state index < -0.39 is 17.6 Å². The summed E-state index contributed by atoms with van der Waals surface area (Å²) in [5.41, 5.74) is 2.95. The second-order valence-corrected chi connectivity index (χ2v) is 14.2. The number of aromatic nitrogens is 1. The van der Waals surface area contributed by atoms with Crippen LogP contribution in [-0.4, -0.2) is 80.4 Å². The van der Waals surface area contributed by atoms with Crippen LogP contribution < -0.4 is 20.9 Å². The smallest absolute Gasteiger partial charge is 0.336 e. The van der Waals surface area contributed by atoms with Crippen LogP contribution in [-0.2, 0) is 32.8 Å². The van der Waals surface area contributed by atoms with Crippen molar-refractivity contribution in [2.75, 3.05) is 53.6 Å². The molecule has 3 saturated heterocycles. The van der Waals surface area contributed by atoms with Crippen molar-refractivity contribution >= 4 is 22.8 Å². The minimum absolute atomic E-state index is 0.231. The summed E-state index contributed by atoms with van der Waals surface area (Å²) in [6.45, 7) is 6.13. The zero-order valence-electron chi connectivity index (χ0n) is 30.8. The number of ether oxygens (including phenoxy) is 3. The molecule has 2 atom stereocenters. The number of rotatable bonds is 14. The van der Waals surface area contributed by atoms with Gasteiger partial charge in [0.1, 0.15) is 5.75 Å². The molecule has 8 rings (SSSR count). The molecular formula is C42H52N4O7. The van der Waals surface area contributed by atoms with E-state index in [9.17, 15) is 19.5 Å². The zero-order chi connectivity index (χ0) is 37.2. The average molecular weight is 725 g/mol. The molecule has 0 saturated carbocycles. The number of hydrogen-bond acceptors (Lipinski definition) is 9. The molecule has 4 aliphatic rings. The number of unbranched alkanes of at least 4 members (excludes halogenated alkanes) is 1. The van der Waals surface area contributed by atoms with Crippen LogP contribution in [0.3, 0.4) is 0 Å². The fraction of sp³-hybridized carbons (Fsp3) is 0.452. The van der Waals surface area contributed by atoms with Gasteiger partial charge in [0.2, 0.25) is 5.56 Å². The third-order valence-electron chi connectivity index (χ3n) is 10.8. The molecule has 4 N–H and O–H groups in total. The van der Waals surface area contributed by atoms with E-state index in [4.69, 9.17) is 14.2 Å². The Hall–Kier alpha value is -4.55. The number of nitrogens with zero attached hydrogens (tertiary/aromatic N) is 1. The highest BCUT2D eigenvalue weighted by atomic mass is 16.5. The van der Waals surface area contributed by atoms with Gasteiger partial charge in [-0.15, -0.1) is 0 Å². The molecule has 1 aromatic heterocycles. The van der Waals surface area contributed by atoms with Gasteiger partial charge in [0.05, 0.1) is 32.4 Å². The summed E-state index contributed by atoms with van der Waals surface area (Å²) in [4.78, 5) is 43.3. The van der Waals surface area contributed by atoms with E-state index >= 15 is 0 Å². The third-order valence-corrected chi connectivity index (χ3v) is 10.8. The van der Waals surface area contributed by atoms with Gasteiger partial charge in [-0.3, -0.25) is 9.59 Å². The van der Waals surface area contributed by atoms with Crippen molar-refractivity contribution in [1.82, 2.24) is 20.5 Å². The van der Waals surface area contributed by atoms with Crippen LogP contribution >= 0.6 is 0 Å². The molecule has 0 spiro atoms. The number of pyridine rings is 1. The third kappa shape index (κ3) is 9.16. The highest BCUT2D eigenvalue weighted by Gasteiger charge is 2.47. The van der Waals surface area contributed by atoms with Gasteiger partial charge in [-0.05, 0) is 124 Å². The van der Waals surface area contributed by atoms with E-state index in [1.807, 2.05) is 36.4 Å². The monoisotopic (exact) mass is 724 g/mol. The van der Waals surface area contributed by atoms with Crippen molar-refractivity contribution in [1.29, 1.82) is 0 Å². The van der Waals surface area contributed by atoms with Crippen molar-refractivity contribution in [3.63, 3.8) is 0 Å². The van der Waals surface area contributed by atoms with Crippen LogP contribution in [0.1, 0.15) is 77.2 Å². The summed E-state index contributed by atoms with van der Waals surface area (Å²) in [5.74, 6) is 0.836. The molecule has 11 nitrogen and oxygen atoms in total. The molecule has 1 amide bonds. The molecule has 4 aromatic rings. The van der Waals surface area contributed by atoms with Gasteiger partial charge >= 0.3 is 5.97 Å². The maximum Gasteiger partial charge on any atom is 0.336 e. The van der Waals surface area contributed by atoms with Gasteiger partial charge in [-0.1, -0.05) is 42.5 Å². The molecule has 3 aliphatic heterocycles. The number of amides is 1. The van der Waals surface area contributed by atoms with Gasteiger partial charge in [0.15, 0.2) is 5.54 Å². The number of fused-ring (bicyclic) bond motifs is 5. The summed E-state index contributed by atoms with van der Waals surface area (Å²) < 4.78 is 16.3. The fourth-order valence-corrected chi connectivity index (χ4v) is 7.81. The summed E-state index contributed by atoms with van der Waals surface area (Å²) in [5, 5.41) is 17.8. The maximum atomic E-state index is 13.3. The molecule has 53 heavy (non-hydrogen) atoms. The van der Waals surface area contributed by atoms with Crippen LogP contribution in [0.2, 0.25) is 0 Å². The number of benzene rings is 3. The zero-order valence-corrected chi connectivity index (χ0v) is 30.8. The number of H-pyrrole nitrogens is 1. The first-order valence-corrected chi connectivity index (χ1v) is 18.8. The molecule has 0 radical (unpaired) electrons. The number of carbonyl (C=O) groups excluding carboxylic acids is 2. The Balaban J connectivity index is 0.000000524. The Morgan fingerprint density at radius 3 is 2.49 bits per heavy atom. The SMILES string of the molecule is C1CN2CCC1CC2.COC(=O)C1(NC(=O)c2cccc(COCCCCNCC(O)c3ccc(OC)c4[nH]c(=O)ccc34)c2)CCc2ccccc21. The molecule has 3 aromatic carbocycles. The highest BCUT2D eigenvalue weighted by Crippen LogP contribution is 2.38. The van der Waals surface area contributed by atoms with E-state index in [1.54, 1.807) is 30.3 Å².